The second kappa shape index (κ2) is 6.29. The van der Waals surface area contributed by atoms with E-state index >= 15 is 0 Å². The van der Waals surface area contributed by atoms with Crippen molar-refractivity contribution in [2.45, 2.75) is 13.8 Å². The van der Waals surface area contributed by atoms with E-state index in [9.17, 15) is 9.59 Å². The number of hydrogen-bond donors (Lipinski definition) is 0. The van der Waals surface area contributed by atoms with Gasteiger partial charge in [0.2, 0.25) is 4.96 Å². The summed E-state index contributed by atoms with van der Waals surface area (Å²) in [5.41, 5.74) is 1.37. The molecule has 7 heteroatoms. The van der Waals surface area contributed by atoms with Crippen molar-refractivity contribution < 1.29 is 0 Å². The second-order valence-corrected chi connectivity index (χ2v) is 5.98. The van der Waals surface area contributed by atoms with Gasteiger partial charge in [0.05, 0.1) is 4.53 Å². The van der Waals surface area contributed by atoms with E-state index in [1.165, 1.54) is 0 Å². The third-order valence-electron chi connectivity index (χ3n) is 3.59. The van der Waals surface area contributed by atoms with Crippen LogP contribution in [-0.4, -0.2) is 27.7 Å². The lowest BCUT2D eigenvalue weighted by molar-refractivity contribution is 0.865. The van der Waals surface area contributed by atoms with Gasteiger partial charge >= 0.3 is 0 Å². The summed E-state index contributed by atoms with van der Waals surface area (Å²) in [4.78, 5) is 29.8. The van der Waals surface area contributed by atoms with Gasteiger partial charge in [-0.3, -0.25) is 9.59 Å². The molecular formula is C16H16N4O2S. The minimum Gasteiger partial charge on any atom is -0.372 e. The highest BCUT2D eigenvalue weighted by Crippen LogP contribution is 2.15. The van der Waals surface area contributed by atoms with Gasteiger partial charge in [-0.2, -0.15) is 14.6 Å². The van der Waals surface area contributed by atoms with Crippen LogP contribution in [0.5, 0.6) is 0 Å². The maximum absolute atomic E-state index is 12.2. The van der Waals surface area contributed by atoms with E-state index in [-0.39, 0.29) is 5.56 Å². The highest BCUT2D eigenvalue weighted by Gasteiger charge is 2.06. The fourth-order valence-electron chi connectivity index (χ4n) is 2.39. The highest BCUT2D eigenvalue weighted by molar-refractivity contribution is 7.15. The molecule has 0 radical (unpaired) electrons. The summed E-state index contributed by atoms with van der Waals surface area (Å²) in [5, 5.41) is 3.81. The van der Waals surface area contributed by atoms with Gasteiger partial charge in [-0.1, -0.05) is 23.5 Å². The van der Waals surface area contributed by atoms with Gasteiger partial charge in [0.15, 0.2) is 0 Å². The Kier molecular flexibility index (Phi) is 4.20. The Morgan fingerprint density at radius 2 is 1.87 bits per heavy atom. The van der Waals surface area contributed by atoms with Crippen LogP contribution < -0.4 is 20.6 Å². The number of rotatable bonds is 4. The zero-order valence-electron chi connectivity index (χ0n) is 12.9. The molecule has 118 valence electrons. The molecule has 0 aliphatic heterocycles. The van der Waals surface area contributed by atoms with Crippen molar-refractivity contribution in [3.8, 4) is 0 Å². The van der Waals surface area contributed by atoms with Gasteiger partial charge < -0.3 is 4.90 Å². The molecule has 3 aromatic rings. The molecule has 0 aliphatic rings. The molecule has 2 aromatic heterocycles. The summed E-state index contributed by atoms with van der Waals surface area (Å²) in [6.07, 6.45) is 2.84. The summed E-state index contributed by atoms with van der Waals surface area (Å²) in [6.45, 7) is 6.13. The third kappa shape index (κ3) is 3.00. The minimum absolute atomic E-state index is 0.259. The van der Waals surface area contributed by atoms with Crippen molar-refractivity contribution in [3.63, 3.8) is 0 Å². The van der Waals surface area contributed by atoms with Crippen molar-refractivity contribution in [2.24, 2.45) is 0 Å². The monoisotopic (exact) mass is 328 g/mol. The van der Waals surface area contributed by atoms with E-state index in [4.69, 9.17) is 0 Å². The Labute approximate surface area is 136 Å². The maximum Gasteiger partial charge on any atom is 0.292 e. The topological polar surface area (TPSA) is 67.6 Å². The van der Waals surface area contributed by atoms with Gasteiger partial charge in [-0.25, -0.2) is 0 Å². The first-order valence-corrected chi connectivity index (χ1v) is 8.19. The van der Waals surface area contributed by atoms with Crippen molar-refractivity contribution in [3.05, 3.63) is 61.3 Å². The van der Waals surface area contributed by atoms with Crippen LogP contribution >= 0.6 is 11.3 Å². The highest BCUT2D eigenvalue weighted by atomic mass is 32.1. The Bertz CT molecular complexity index is 988. The summed E-state index contributed by atoms with van der Waals surface area (Å²) in [6, 6.07) is 8.02. The number of aromatic nitrogens is 3. The zero-order valence-corrected chi connectivity index (χ0v) is 13.7. The molecule has 0 saturated carbocycles. The van der Waals surface area contributed by atoms with Crippen molar-refractivity contribution >= 4 is 28.1 Å². The number of hydrogen-bond acceptors (Lipinski definition) is 6. The molecule has 6 nitrogen and oxygen atoms in total. The summed E-state index contributed by atoms with van der Waals surface area (Å²) in [5.74, 6) is 0. The van der Waals surface area contributed by atoms with Crippen LogP contribution in [0, 0.1) is 0 Å². The fourth-order valence-corrected chi connectivity index (χ4v) is 3.31. The number of fused-ring (bicyclic) bond motifs is 1. The normalized spacial score (nSPS) is 12.0. The third-order valence-corrected chi connectivity index (χ3v) is 4.55. The van der Waals surface area contributed by atoms with Crippen LogP contribution in [0.25, 0.3) is 11.0 Å². The molecule has 0 saturated heterocycles. The van der Waals surface area contributed by atoms with Gasteiger partial charge in [-0.15, -0.1) is 0 Å². The number of thiazole rings is 1. The summed E-state index contributed by atoms with van der Waals surface area (Å²) in [7, 11) is 0. The Morgan fingerprint density at radius 3 is 2.52 bits per heavy atom. The molecule has 0 spiro atoms. The predicted molar refractivity (Wildman–Crippen MR) is 92.2 cm³/mol. The van der Waals surface area contributed by atoms with Gasteiger partial charge in [0.25, 0.3) is 11.1 Å². The first-order valence-electron chi connectivity index (χ1n) is 7.38. The molecule has 0 aliphatic carbocycles. The van der Waals surface area contributed by atoms with Crippen molar-refractivity contribution in [1.29, 1.82) is 0 Å². The van der Waals surface area contributed by atoms with Crippen LogP contribution in [0.2, 0.25) is 0 Å². The molecule has 2 heterocycles. The first kappa shape index (κ1) is 15.4. The quantitative estimate of drug-likeness (QED) is 0.712. The van der Waals surface area contributed by atoms with Crippen LogP contribution in [0.4, 0.5) is 5.69 Å². The lowest BCUT2D eigenvalue weighted by atomic mass is 10.2. The summed E-state index contributed by atoms with van der Waals surface area (Å²) >= 11 is 1.16. The van der Waals surface area contributed by atoms with Crippen LogP contribution in [0.15, 0.2) is 40.1 Å². The molecule has 0 atom stereocenters. The van der Waals surface area contributed by atoms with Crippen LogP contribution in [-0.2, 0) is 0 Å². The smallest absolute Gasteiger partial charge is 0.292 e. The summed E-state index contributed by atoms with van der Waals surface area (Å²) < 4.78 is 1.66. The number of anilines is 1. The minimum atomic E-state index is -0.443. The Balaban J connectivity index is 2.03. The van der Waals surface area contributed by atoms with Gasteiger partial charge in [0.1, 0.15) is 6.20 Å². The van der Waals surface area contributed by atoms with E-state index in [1.807, 2.05) is 24.3 Å². The van der Waals surface area contributed by atoms with Gasteiger partial charge in [0, 0.05) is 18.8 Å². The molecular weight excluding hydrogens is 312 g/mol. The maximum atomic E-state index is 12.2. The zero-order chi connectivity index (χ0) is 16.4. The van der Waals surface area contributed by atoms with Crippen molar-refractivity contribution in [1.82, 2.24) is 14.6 Å². The van der Waals surface area contributed by atoms with E-state index in [0.717, 1.165) is 46.4 Å². The SMILES string of the molecule is CCN(CC)c1ccc(/C=c2\sc3nc(=O)cnn3c2=O)cc1. The Hall–Kier alpha value is -2.54. The molecule has 0 amide bonds. The molecule has 1 aromatic carbocycles. The van der Waals surface area contributed by atoms with E-state index in [1.54, 1.807) is 6.08 Å². The molecule has 3 rings (SSSR count). The lowest BCUT2D eigenvalue weighted by Crippen LogP contribution is -2.25. The van der Waals surface area contributed by atoms with E-state index < -0.39 is 5.56 Å². The standard InChI is InChI=1S/C16H16N4O2S/c1-3-19(4-2)12-7-5-11(6-8-12)9-13-15(22)20-16(23-13)18-14(21)10-17-20/h5-10H,3-4H2,1-2H3/b13-9-. The molecule has 0 fully saturated rings. The van der Waals surface area contributed by atoms with E-state index in [2.05, 4.69) is 28.8 Å². The lowest BCUT2D eigenvalue weighted by Gasteiger charge is -2.20. The Morgan fingerprint density at radius 1 is 1.17 bits per heavy atom. The van der Waals surface area contributed by atoms with Crippen LogP contribution in [0.3, 0.4) is 0 Å². The predicted octanol–water partition coefficient (Wildman–Crippen LogP) is 0.905. The molecule has 0 bridgehead atoms. The first-order chi connectivity index (χ1) is 11.1. The van der Waals surface area contributed by atoms with Crippen molar-refractivity contribution in [2.75, 3.05) is 18.0 Å². The fraction of sp³-hybridized carbons (Fsp3) is 0.250. The largest absolute Gasteiger partial charge is 0.372 e. The van der Waals surface area contributed by atoms with Gasteiger partial charge in [-0.05, 0) is 37.6 Å². The van der Waals surface area contributed by atoms with Crippen LogP contribution in [0.1, 0.15) is 19.4 Å². The number of nitrogens with zero attached hydrogens (tertiary/aromatic N) is 4. The molecule has 0 unspecified atom stereocenters. The average Bonchev–Trinajstić information content (AvgIpc) is 2.85. The van der Waals surface area contributed by atoms with E-state index in [0.29, 0.717) is 9.49 Å². The molecule has 23 heavy (non-hydrogen) atoms. The second-order valence-electron chi connectivity index (χ2n) is 4.97. The molecule has 0 N–H and O–H groups in total. The average molecular weight is 328 g/mol. The number of benzene rings is 1.